The Hall–Kier alpha value is -1.89. The van der Waals surface area contributed by atoms with E-state index >= 15 is 0 Å². The number of nitrogens with zero attached hydrogens (tertiary/aromatic N) is 4. The molecule has 3 aliphatic rings. The van der Waals surface area contributed by atoms with Crippen LogP contribution in [0, 0.1) is 0 Å². The lowest BCUT2D eigenvalue weighted by Crippen LogP contribution is -2.44. The second-order valence-electron chi connectivity index (χ2n) is 5.94. The van der Waals surface area contributed by atoms with Crippen LogP contribution < -0.4 is 4.90 Å². The first-order valence-corrected chi connectivity index (χ1v) is 7.41. The standard InChI is InChI=1S/C14H18N4O3/c19-14(20)17-4-3-11-12(7-17)15-8-16-13(11)18-5-9-1-2-10(6-18)21-9/h8-10H,1-7H2,(H,19,20). The van der Waals surface area contributed by atoms with Crippen LogP contribution in [0.15, 0.2) is 6.33 Å². The van der Waals surface area contributed by atoms with E-state index in [-0.39, 0.29) is 0 Å². The van der Waals surface area contributed by atoms with Crippen molar-refractivity contribution in [3.05, 3.63) is 17.6 Å². The Morgan fingerprint density at radius 2 is 2.05 bits per heavy atom. The second-order valence-corrected chi connectivity index (χ2v) is 5.94. The van der Waals surface area contributed by atoms with Crippen LogP contribution in [0.4, 0.5) is 10.6 Å². The van der Waals surface area contributed by atoms with Crippen LogP contribution >= 0.6 is 0 Å². The van der Waals surface area contributed by atoms with Gasteiger partial charge in [0.2, 0.25) is 0 Å². The van der Waals surface area contributed by atoms with E-state index in [1.807, 2.05) is 0 Å². The number of amides is 1. The molecule has 0 aliphatic carbocycles. The molecule has 2 bridgehead atoms. The molecule has 2 saturated heterocycles. The van der Waals surface area contributed by atoms with Crippen LogP contribution in [0.5, 0.6) is 0 Å². The molecular weight excluding hydrogens is 272 g/mol. The summed E-state index contributed by atoms with van der Waals surface area (Å²) < 4.78 is 5.87. The Kier molecular flexibility index (Phi) is 2.95. The topological polar surface area (TPSA) is 78.8 Å². The van der Waals surface area contributed by atoms with Crippen molar-refractivity contribution in [3.63, 3.8) is 0 Å². The van der Waals surface area contributed by atoms with Crippen LogP contribution in [0.2, 0.25) is 0 Å². The molecule has 4 heterocycles. The molecule has 112 valence electrons. The van der Waals surface area contributed by atoms with Gasteiger partial charge in [-0.25, -0.2) is 14.8 Å². The molecule has 7 nitrogen and oxygen atoms in total. The van der Waals surface area contributed by atoms with Gasteiger partial charge in [0.1, 0.15) is 12.1 Å². The molecule has 1 N–H and O–H groups in total. The highest BCUT2D eigenvalue weighted by Gasteiger charge is 2.36. The van der Waals surface area contributed by atoms with Gasteiger partial charge in [0.05, 0.1) is 24.4 Å². The van der Waals surface area contributed by atoms with E-state index in [4.69, 9.17) is 9.84 Å². The first-order valence-electron chi connectivity index (χ1n) is 7.41. The average Bonchev–Trinajstić information content (AvgIpc) is 2.84. The normalized spacial score (nSPS) is 27.6. The van der Waals surface area contributed by atoms with E-state index in [0.717, 1.165) is 43.0 Å². The highest BCUT2D eigenvalue weighted by Crippen LogP contribution is 2.32. The molecule has 1 aromatic heterocycles. The summed E-state index contributed by atoms with van der Waals surface area (Å²) >= 11 is 0. The third kappa shape index (κ3) is 2.21. The van der Waals surface area contributed by atoms with Crippen LogP contribution in [0.25, 0.3) is 0 Å². The first kappa shape index (κ1) is 12.8. The number of rotatable bonds is 1. The fourth-order valence-electron chi connectivity index (χ4n) is 3.56. The van der Waals surface area contributed by atoms with E-state index in [1.165, 1.54) is 4.90 Å². The summed E-state index contributed by atoms with van der Waals surface area (Å²) in [5.74, 6) is 0.977. The van der Waals surface area contributed by atoms with Crippen LogP contribution in [-0.2, 0) is 17.7 Å². The average molecular weight is 290 g/mol. The Balaban J connectivity index is 1.62. The summed E-state index contributed by atoms with van der Waals surface area (Å²) in [6, 6.07) is 0. The number of anilines is 1. The summed E-state index contributed by atoms with van der Waals surface area (Å²) in [5, 5.41) is 9.12. The summed E-state index contributed by atoms with van der Waals surface area (Å²) in [6.45, 7) is 2.63. The lowest BCUT2D eigenvalue weighted by Gasteiger charge is -2.35. The third-order valence-electron chi connectivity index (χ3n) is 4.60. The number of fused-ring (bicyclic) bond motifs is 3. The van der Waals surface area contributed by atoms with E-state index in [2.05, 4.69) is 14.9 Å². The van der Waals surface area contributed by atoms with Crippen molar-refractivity contribution >= 4 is 11.9 Å². The number of hydrogen-bond donors (Lipinski definition) is 1. The molecule has 4 rings (SSSR count). The number of ether oxygens (including phenoxy) is 1. The van der Waals surface area contributed by atoms with Crippen molar-refractivity contribution < 1.29 is 14.6 Å². The molecular formula is C14H18N4O3. The number of carbonyl (C=O) groups is 1. The van der Waals surface area contributed by atoms with Gasteiger partial charge in [-0.2, -0.15) is 0 Å². The van der Waals surface area contributed by atoms with Crippen molar-refractivity contribution in [1.29, 1.82) is 0 Å². The minimum Gasteiger partial charge on any atom is -0.465 e. The highest BCUT2D eigenvalue weighted by molar-refractivity contribution is 5.66. The van der Waals surface area contributed by atoms with Crippen LogP contribution in [0.3, 0.4) is 0 Å². The van der Waals surface area contributed by atoms with Crippen molar-refractivity contribution in [1.82, 2.24) is 14.9 Å². The minimum absolute atomic E-state index is 0.313. The van der Waals surface area contributed by atoms with Gasteiger partial charge in [0, 0.05) is 25.2 Å². The van der Waals surface area contributed by atoms with Gasteiger partial charge in [-0.15, -0.1) is 0 Å². The van der Waals surface area contributed by atoms with Gasteiger partial charge >= 0.3 is 6.09 Å². The number of morpholine rings is 1. The van der Waals surface area contributed by atoms with Crippen molar-refractivity contribution in [2.45, 2.75) is 38.0 Å². The molecule has 1 aromatic rings. The number of carboxylic acid groups (broad SMARTS) is 1. The zero-order chi connectivity index (χ0) is 14.4. The maximum atomic E-state index is 11.1. The molecule has 2 atom stereocenters. The molecule has 2 unspecified atom stereocenters. The van der Waals surface area contributed by atoms with Crippen molar-refractivity contribution in [2.75, 3.05) is 24.5 Å². The smallest absolute Gasteiger partial charge is 0.407 e. The van der Waals surface area contributed by atoms with E-state index in [0.29, 0.717) is 31.7 Å². The SMILES string of the molecule is O=C(O)N1CCc2c(ncnc2N2CC3CCC(C2)O3)C1. The Bertz CT molecular complexity index is 567. The van der Waals surface area contributed by atoms with Crippen LogP contribution in [0.1, 0.15) is 24.1 Å². The lowest BCUT2D eigenvalue weighted by atomic mass is 10.0. The molecule has 0 aromatic carbocycles. The van der Waals surface area contributed by atoms with Gasteiger partial charge in [-0.3, -0.25) is 0 Å². The van der Waals surface area contributed by atoms with E-state index < -0.39 is 6.09 Å². The highest BCUT2D eigenvalue weighted by atomic mass is 16.5. The Morgan fingerprint density at radius 1 is 1.29 bits per heavy atom. The summed E-state index contributed by atoms with van der Waals surface area (Å²) in [6.07, 6.45) is 4.23. The predicted molar refractivity (Wildman–Crippen MR) is 74.3 cm³/mol. The summed E-state index contributed by atoms with van der Waals surface area (Å²) in [4.78, 5) is 23.6. The molecule has 2 fully saturated rings. The molecule has 7 heteroatoms. The monoisotopic (exact) mass is 290 g/mol. The van der Waals surface area contributed by atoms with Crippen LogP contribution in [-0.4, -0.2) is 57.9 Å². The molecule has 1 amide bonds. The zero-order valence-corrected chi connectivity index (χ0v) is 11.7. The maximum absolute atomic E-state index is 11.1. The fraction of sp³-hybridized carbons (Fsp3) is 0.643. The molecule has 0 radical (unpaired) electrons. The zero-order valence-electron chi connectivity index (χ0n) is 11.7. The van der Waals surface area contributed by atoms with Crippen molar-refractivity contribution in [2.24, 2.45) is 0 Å². The Morgan fingerprint density at radius 3 is 2.76 bits per heavy atom. The molecule has 3 aliphatic heterocycles. The first-order chi connectivity index (χ1) is 10.2. The van der Waals surface area contributed by atoms with Gasteiger partial charge in [-0.1, -0.05) is 0 Å². The summed E-state index contributed by atoms with van der Waals surface area (Å²) in [5.41, 5.74) is 1.95. The third-order valence-corrected chi connectivity index (χ3v) is 4.60. The van der Waals surface area contributed by atoms with Gasteiger partial charge < -0.3 is 19.6 Å². The quantitative estimate of drug-likeness (QED) is 0.827. The second kappa shape index (κ2) is 4.84. The largest absolute Gasteiger partial charge is 0.465 e. The Labute approximate surface area is 122 Å². The van der Waals surface area contributed by atoms with Gasteiger partial charge in [-0.05, 0) is 19.3 Å². The molecule has 0 saturated carbocycles. The van der Waals surface area contributed by atoms with Gasteiger partial charge in [0.25, 0.3) is 0 Å². The lowest BCUT2D eigenvalue weighted by molar-refractivity contribution is 0.0301. The maximum Gasteiger partial charge on any atom is 0.407 e. The van der Waals surface area contributed by atoms with Gasteiger partial charge in [0.15, 0.2) is 0 Å². The molecule has 21 heavy (non-hydrogen) atoms. The predicted octanol–water partition coefficient (Wildman–Crippen LogP) is 0.880. The summed E-state index contributed by atoms with van der Waals surface area (Å²) in [7, 11) is 0. The minimum atomic E-state index is -0.884. The van der Waals surface area contributed by atoms with Crippen molar-refractivity contribution in [3.8, 4) is 0 Å². The fourth-order valence-corrected chi connectivity index (χ4v) is 3.56. The number of aromatic nitrogens is 2. The number of hydrogen-bond acceptors (Lipinski definition) is 5. The van der Waals surface area contributed by atoms with E-state index in [1.54, 1.807) is 6.33 Å². The van der Waals surface area contributed by atoms with E-state index in [9.17, 15) is 4.79 Å². The molecule has 0 spiro atoms.